The summed E-state index contributed by atoms with van der Waals surface area (Å²) in [6.07, 6.45) is 3.50. The van der Waals surface area contributed by atoms with Crippen molar-refractivity contribution >= 4 is 23.3 Å². The quantitative estimate of drug-likeness (QED) is 0.581. The van der Waals surface area contributed by atoms with Crippen molar-refractivity contribution in [2.75, 3.05) is 17.6 Å². The van der Waals surface area contributed by atoms with Crippen LogP contribution in [0.4, 0.5) is 15.9 Å². The molecule has 0 saturated heterocycles. The molecule has 30 heavy (non-hydrogen) atoms. The Kier molecular flexibility index (Phi) is 4.83. The van der Waals surface area contributed by atoms with Crippen LogP contribution < -0.4 is 16.4 Å². The third-order valence-electron chi connectivity index (χ3n) is 5.07. The molecule has 0 saturated carbocycles. The number of carbonyl (C=O) groups is 2. The maximum atomic E-state index is 14.7. The van der Waals surface area contributed by atoms with Crippen molar-refractivity contribution in [3.05, 3.63) is 71.7 Å². The zero-order chi connectivity index (χ0) is 21.4. The molecule has 2 aromatic carbocycles. The zero-order valence-corrected chi connectivity index (χ0v) is 16.3. The fourth-order valence-corrected chi connectivity index (χ4v) is 3.48. The van der Waals surface area contributed by atoms with Crippen LogP contribution in [-0.2, 0) is 11.2 Å². The Balaban J connectivity index is 1.75. The minimum Gasteiger partial charge on any atom is -0.382 e. The van der Waals surface area contributed by atoms with Gasteiger partial charge in [-0.25, -0.2) is 9.07 Å². The summed E-state index contributed by atoms with van der Waals surface area (Å²) < 4.78 is 16.0. The summed E-state index contributed by atoms with van der Waals surface area (Å²) in [6, 6.07) is 8.28. The maximum Gasteiger partial charge on any atom is 0.251 e. The van der Waals surface area contributed by atoms with Crippen LogP contribution in [0.2, 0.25) is 0 Å². The molecule has 2 amide bonds. The topological polar surface area (TPSA) is 102 Å². The van der Waals surface area contributed by atoms with Gasteiger partial charge < -0.3 is 16.4 Å². The molecular weight excluding hydrogens is 385 g/mol. The highest BCUT2D eigenvalue weighted by Gasteiger charge is 2.19. The molecule has 0 aliphatic carbocycles. The van der Waals surface area contributed by atoms with Gasteiger partial charge in [0.05, 0.1) is 0 Å². The van der Waals surface area contributed by atoms with Gasteiger partial charge in [-0.1, -0.05) is 18.7 Å². The van der Waals surface area contributed by atoms with E-state index in [0.29, 0.717) is 28.9 Å². The predicted molar refractivity (Wildman–Crippen MR) is 113 cm³/mol. The molecule has 2 heterocycles. The van der Waals surface area contributed by atoms with Gasteiger partial charge in [-0.05, 0) is 54.3 Å². The lowest BCUT2D eigenvalue weighted by molar-refractivity contribution is -0.111. The van der Waals surface area contributed by atoms with Crippen LogP contribution in [0.1, 0.15) is 21.5 Å². The van der Waals surface area contributed by atoms with E-state index < -0.39 is 11.7 Å². The zero-order valence-electron chi connectivity index (χ0n) is 16.3. The fraction of sp³-hybridized carbons (Fsp3) is 0.136. The second kappa shape index (κ2) is 7.47. The molecule has 4 N–H and O–H groups in total. The van der Waals surface area contributed by atoms with Crippen molar-refractivity contribution < 1.29 is 14.0 Å². The number of benzene rings is 2. The summed E-state index contributed by atoms with van der Waals surface area (Å²) in [7, 11) is 0. The Hall–Kier alpha value is -3.94. The van der Waals surface area contributed by atoms with Crippen LogP contribution in [0.5, 0.6) is 0 Å². The predicted octanol–water partition coefficient (Wildman–Crippen LogP) is 2.98. The number of carbonyl (C=O) groups excluding carboxylic acids is 2. The number of hydrogen-bond acceptors (Lipinski definition) is 4. The number of nitrogens with two attached hydrogens (primary N) is 1. The number of halogens is 1. The number of nitrogen functional groups attached to an aromatic ring is 1. The van der Waals surface area contributed by atoms with Gasteiger partial charge in [0.1, 0.15) is 11.5 Å². The van der Waals surface area contributed by atoms with Crippen molar-refractivity contribution in [2.24, 2.45) is 0 Å². The highest BCUT2D eigenvalue weighted by molar-refractivity contribution is 5.99. The molecule has 7 nitrogen and oxygen atoms in total. The highest BCUT2D eigenvalue weighted by Crippen LogP contribution is 2.31. The molecule has 0 fully saturated rings. The van der Waals surface area contributed by atoms with E-state index in [2.05, 4.69) is 22.3 Å². The SMILES string of the molecule is C=CC(=O)Nc1cc(-n2cc(-c3ccc4c(c3)CCNC4=O)c(N)n2)c(F)cc1C. The summed E-state index contributed by atoms with van der Waals surface area (Å²) >= 11 is 0. The van der Waals surface area contributed by atoms with Gasteiger partial charge >= 0.3 is 0 Å². The molecule has 152 valence electrons. The molecule has 0 spiro atoms. The van der Waals surface area contributed by atoms with Crippen LogP contribution in [0.3, 0.4) is 0 Å². The van der Waals surface area contributed by atoms with E-state index in [9.17, 15) is 14.0 Å². The van der Waals surface area contributed by atoms with E-state index in [1.807, 2.05) is 6.07 Å². The first-order chi connectivity index (χ1) is 14.4. The Bertz CT molecular complexity index is 1200. The summed E-state index contributed by atoms with van der Waals surface area (Å²) in [4.78, 5) is 23.6. The summed E-state index contributed by atoms with van der Waals surface area (Å²) in [5, 5.41) is 9.72. The van der Waals surface area contributed by atoms with Crippen molar-refractivity contribution in [1.82, 2.24) is 15.1 Å². The number of hydrogen-bond donors (Lipinski definition) is 3. The average molecular weight is 405 g/mol. The molecule has 1 aliphatic rings. The van der Waals surface area contributed by atoms with Crippen LogP contribution in [-0.4, -0.2) is 28.1 Å². The molecule has 3 aromatic rings. The van der Waals surface area contributed by atoms with E-state index in [4.69, 9.17) is 5.73 Å². The van der Waals surface area contributed by atoms with Gasteiger partial charge in [0.25, 0.3) is 5.91 Å². The monoisotopic (exact) mass is 405 g/mol. The Morgan fingerprint density at radius 1 is 1.33 bits per heavy atom. The lowest BCUT2D eigenvalue weighted by atomic mass is 9.96. The molecule has 0 bridgehead atoms. The minimum absolute atomic E-state index is 0.0951. The van der Waals surface area contributed by atoms with E-state index >= 15 is 0 Å². The molecule has 1 aliphatic heterocycles. The summed E-state index contributed by atoms with van der Waals surface area (Å²) in [5.74, 6) is -0.760. The van der Waals surface area contributed by atoms with Gasteiger partial charge in [-0.2, -0.15) is 0 Å². The van der Waals surface area contributed by atoms with Crippen molar-refractivity contribution in [2.45, 2.75) is 13.3 Å². The van der Waals surface area contributed by atoms with Gasteiger partial charge in [-0.15, -0.1) is 5.10 Å². The number of nitrogens with one attached hydrogen (secondary N) is 2. The smallest absolute Gasteiger partial charge is 0.251 e. The third kappa shape index (κ3) is 3.43. The molecule has 0 unspecified atom stereocenters. The largest absolute Gasteiger partial charge is 0.382 e. The van der Waals surface area contributed by atoms with Crippen LogP contribution in [0, 0.1) is 12.7 Å². The molecule has 8 heteroatoms. The number of amides is 2. The second-order valence-electron chi connectivity index (χ2n) is 7.06. The number of aryl methyl sites for hydroxylation is 1. The van der Waals surface area contributed by atoms with Crippen molar-refractivity contribution in [3.63, 3.8) is 0 Å². The van der Waals surface area contributed by atoms with Crippen LogP contribution >= 0.6 is 0 Å². The standard InChI is InChI=1S/C22H20FN5O2/c1-3-20(29)26-18-10-19(17(23)8-12(18)2)28-11-16(21(24)27-28)13-4-5-15-14(9-13)6-7-25-22(15)30/h3-5,8-11H,1,6-7H2,2H3,(H2,24,27)(H,25,30)(H,26,29). The van der Waals surface area contributed by atoms with Crippen molar-refractivity contribution in [1.29, 1.82) is 0 Å². The van der Waals surface area contributed by atoms with Gasteiger partial charge in [0.2, 0.25) is 5.91 Å². The summed E-state index contributed by atoms with van der Waals surface area (Å²) in [6.45, 7) is 5.70. The highest BCUT2D eigenvalue weighted by atomic mass is 19.1. The average Bonchev–Trinajstić information content (AvgIpc) is 3.11. The number of rotatable bonds is 4. The van der Waals surface area contributed by atoms with Gasteiger partial charge in [0.15, 0.2) is 5.82 Å². The first-order valence-electron chi connectivity index (χ1n) is 9.38. The molecule has 1 aromatic heterocycles. The van der Waals surface area contributed by atoms with E-state index in [0.717, 1.165) is 23.6 Å². The normalized spacial score (nSPS) is 12.8. The Morgan fingerprint density at radius 2 is 2.13 bits per heavy atom. The molecule has 4 rings (SSSR count). The van der Waals surface area contributed by atoms with E-state index in [-0.39, 0.29) is 17.4 Å². The first kappa shape index (κ1) is 19.4. The molecule has 0 atom stereocenters. The Morgan fingerprint density at radius 3 is 2.90 bits per heavy atom. The van der Waals surface area contributed by atoms with Crippen molar-refractivity contribution in [3.8, 4) is 16.8 Å². The second-order valence-corrected chi connectivity index (χ2v) is 7.06. The molecular formula is C22H20FN5O2. The van der Waals surface area contributed by atoms with Gasteiger partial charge in [-0.3, -0.25) is 9.59 Å². The lowest BCUT2D eigenvalue weighted by Gasteiger charge is -2.17. The van der Waals surface area contributed by atoms with Crippen LogP contribution in [0.25, 0.3) is 16.8 Å². The minimum atomic E-state index is -0.500. The maximum absolute atomic E-state index is 14.7. The Labute approximate surface area is 172 Å². The number of nitrogens with zero attached hydrogens (tertiary/aromatic N) is 2. The number of aromatic nitrogens is 2. The number of fused-ring (bicyclic) bond motifs is 1. The molecule has 0 radical (unpaired) electrons. The van der Waals surface area contributed by atoms with E-state index in [1.165, 1.54) is 16.8 Å². The van der Waals surface area contributed by atoms with Crippen LogP contribution in [0.15, 0.2) is 49.2 Å². The fourth-order valence-electron chi connectivity index (χ4n) is 3.48. The lowest BCUT2D eigenvalue weighted by Crippen LogP contribution is -2.31. The third-order valence-corrected chi connectivity index (χ3v) is 5.07. The number of anilines is 2. The first-order valence-corrected chi connectivity index (χ1v) is 9.38. The van der Waals surface area contributed by atoms with Gasteiger partial charge in [0, 0.05) is 29.6 Å². The summed E-state index contributed by atoms with van der Waals surface area (Å²) in [5.41, 5.74) is 10.3. The van der Waals surface area contributed by atoms with E-state index in [1.54, 1.807) is 25.3 Å².